The molecule has 1 fully saturated rings. The van der Waals surface area contributed by atoms with E-state index >= 15 is 0 Å². The van der Waals surface area contributed by atoms with Crippen LogP contribution in [-0.4, -0.2) is 22.4 Å². The molecule has 1 aromatic carbocycles. The number of hydrogen-bond acceptors (Lipinski definition) is 4. The second-order valence-corrected chi connectivity index (χ2v) is 7.50. The van der Waals surface area contributed by atoms with Crippen molar-refractivity contribution in [1.29, 1.82) is 0 Å². The van der Waals surface area contributed by atoms with Crippen molar-refractivity contribution in [2.75, 3.05) is 6.61 Å². The lowest BCUT2D eigenvalue weighted by molar-refractivity contribution is -0.117. The van der Waals surface area contributed by atoms with Gasteiger partial charge in [-0.25, -0.2) is 9.97 Å². The van der Waals surface area contributed by atoms with Crippen LogP contribution in [0.3, 0.4) is 0 Å². The van der Waals surface area contributed by atoms with E-state index in [1.807, 2.05) is 12.1 Å². The molecule has 4 heteroatoms. The lowest BCUT2D eigenvalue weighted by Crippen LogP contribution is -2.04. The Bertz CT molecular complexity index is 812. The summed E-state index contributed by atoms with van der Waals surface area (Å²) >= 11 is 0. The standard InChI is InChI=1S/C23H26N2O2/c1-17(13-18(2)26)14-21-8-5-19(6-9-21)7-10-22-15-24-23(25-16-22)27-12-11-20-3-4-20/h5-6,8-9,15-17,20H,3-4,11-14H2,1-2H3. The predicted octanol–water partition coefficient (Wildman–Crippen LogP) is 4.21. The zero-order valence-corrected chi connectivity index (χ0v) is 16.1. The highest BCUT2D eigenvalue weighted by Gasteiger charge is 2.20. The first-order chi connectivity index (χ1) is 13.1. The van der Waals surface area contributed by atoms with Crippen molar-refractivity contribution in [3.63, 3.8) is 0 Å². The minimum absolute atomic E-state index is 0.242. The van der Waals surface area contributed by atoms with Crippen LogP contribution < -0.4 is 4.74 Å². The number of rotatable bonds is 8. The summed E-state index contributed by atoms with van der Waals surface area (Å²) in [5.41, 5.74) is 2.94. The highest BCUT2D eigenvalue weighted by atomic mass is 16.5. The van der Waals surface area contributed by atoms with E-state index in [4.69, 9.17) is 4.74 Å². The molecule has 0 bridgehead atoms. The maximum absolute atomic E-state index is 11.2. The summed E-state index contributed by atoms with van der Waals surface area (Å²) in [7, 11) is 0. The summed E-state index contributed by atoms with van der Waals surface area (Å²) in [5.74, 6) is 7.67. The molecule has 1 aliphatic rings. The van der Waals surface area contributed by atoms with Crippen molar-refractivity contribution in [2.24, 2.45) is 11.8 Å². The molecule has 2 aromatic rings. The maximum Gasteiger partial charge on any atom is 0.316 e. The summed E-state index contributed by atoms with van der Waals surface area (Å²) in [4.78, 5) is 19.6. The monoisotopic (exact) mass is 362 g/mol. The van der Waals surface area contributed by atoms with E-state index in [1.165, 1.54) is 18.4 Å². The van der Waals surface area contributed by atoms with Crippen LogP contribution in [0.2, 0.25) is 0 Å². The Morgan fingerprint density at radius 3 is 2.44 bits per heavy atom. The number of Topliss-reactive ketones (excluding diaryl/α,β-unsaturated/α-hetero) is 1. The fourth-order valence-electron chi connectivity index (χ4n) is 3.01. The van der Waals surface area contributed by atoms with Gasteiger partial charge in [0.25, 0.3) is 0 Å². The minimum atomic E-state index is 0.242. The van der Waals surface area contributed by atoms with Crippen molar-refractivity contribution >= 4 is 5.78 Å². The van der Waals surface area contributed by atoms with Crippen LogP contribution in [0.5, 0.6) is 6.01 Å². The zero-order chi connectivity index (χ0) is 19.1. The van der Waals surface area contributed by atoms with E-state index < -0.39 is 0 Å². The Balaban J connectivity index is 1.51. The lowest BCUT2D eigenvalue weighted by atomic mass is 9.96. The molecule has 1 saturated carbocycles. The number of carbonyl (C=O) groups excluding carboxylic acids is 1. The van der Waals surface area contributed by atoms with Crippen LogP contribution in [0.1, 0.15) is 56.2 Å². The first kappa shape index (κ1) is 19.1. The van der Waals surface area contributed by atoms with Crippen LogP contribution in [0, 0.1) is 23.7 Å². The fraction of sp³-hybridized carbons (Fsp3) is 0.435. The molecule has 140 valence electrons. The third kappa shape index (κ3) is 6.86. The highest BCUT2D eigenvalue weighted by molar-refractivity contribution is 5.75. The van der Waals surface area contributed by atoms with Gasteiger partial charge >= 0.3 is 6.01 Å². The SMILES string of the molecule is CC(=O)CC(C)Cc1ccc(C#Cc2cnc(OCCC3CC3)nc2)cc1. The maximum atomic E-state index is 11.2. The van der Waals surface area contributed by atoms with Crippen molar-refractivity contribution < 1.29 is 9.53 Å². The van der Waals surface area contributed by atoms with Gasteiger partial charge in [0, 0.05) is 24.4 Å². The minimum Gasteiger partial charge on any atom is -0.463 e. The normalized spacial score (nSPS) is 14.1. The van der Waals surface area contributed by atoms with Gasteiger partial charge in [0.15, 0.2) is 0 Å². The zero-order valence-electron chi connectivity index (χ0n) is 16.1. The molecule has 1 aliphatic carbocycles. The molecule has 27 heavy (non-hydrogen) atoms. The molecule has 0 radical (unpaired) electrons. The molecule has 1 aromatic heterocycles. The smallest absolute Gasteiger partial charge is 0.316 e. The van der Waals surface area contributed by atoms with Gasteiger partial charge in [-0.3, -0.25) is 0 Å². The van der Waals surface area contributed by atoms with Crippen LogP contribution in [0.25, 0.3) is 0 Å². The van der Waals surface area contributed by atoms with Crippen LogP contribution in [-0.2, 0) is 11.2 Å². The largest absolute Gasteiger partial charge is 0.463 e. The molecular weight excluding hydrogens is 336 g/mol. The molecule has 1 heterocycles. The van der Waals surface area contributed by atoms with E-state index in [0.717, 1.165) is 29.9 Å². The summed E-state index contributed by atoms with van der Waals surface area (Å²) in [6.45, 7) is 4.44. The Hall–Kier alpha value is -2.67. The molecule has 0 aliphatic heterocycles. The van der Waals surface area contributed by atoms with E-state index in [9.17, 15) is 4.79 Å². The number of nitrogens with zero attached hydrogens (tertiary/aromatic N) is 2. The van der Waals surface area contributed by atoms with Gasteiger partial charge in [-0.15, -0.1) is 0 Å². The third-order valence-electron chi connectivity index (χ3n) is 4.61. The molecule has 0 spiro atoms. The van der Waals surface area contributed by atoms with E-state index in [2.05, 4.69) is 40.9 Å². The first-order valence-electron chi connectivity index (χ1n) is 9.63. The number of hydrogen-bond donors (Lipinski definition) is 0. The van der Waals surface area contributed by atoms with Crippen LogP contribution in [0.4, 0.5) is 0 Å². The van der Waals surface area contributed by atoms with Gasteiger partial charge in [0.05, 0.1) is 12.2 Å². The van der Waals surface area contributed by atoms with Gasteiger partial charge in [-0.1, -0.05) is 43.7 Å². The topological polar surface area (TPSA) is 52.1 Å². The van der Waals surface area contributed by atoms with E-state index in [0.29, 0.717) is 25.0 Å². The van der Waals surface area contributed by atoms with Gasteiger partial charge in [-0.2, -0.15) is 0 Å². The molecule has 3 rings (SSSR count). The van der Waals surface area contributed by atoms with Crippen molar-refractivity contribution in [1.82, 2.24) is 9.97 Å². The number of benzene rings is 1. The molecular formula is C23H26N2O2. The summed E-state index contributed by atoms with van der Waals surface area (Å²) < 4.78 is 5.55. The quantitative estimate of drug-likeness (QED) is 0.660. The molecule has 4 nitrogen and oxygen atoms in total. The van der Waals surface area contributed by atoms with Gasteiger partial charge < -0.3 is 9.53 Å². The first-order valence-corrected chi connectivity index (χ1v) is 9.63. The van der Waals surface area contributed by atoms with Crippen LogP contribution in [0.15, 0.2) is 36.7 Å². The molecule has 0 saturated heterocycles. The highest BCUT2D eigenvalue weighted by Crippen LogP contribution is 2.32. The van der Waals surface area contributed by atoms with Crippen molar-refractivity contribution in [3.8, 4) is 17.9 Å². The molecule has 1 unspecified atom stereocenters. The molecule has 1 atom stereocenters. The number of carbonyl (C=O) groups is 1. The molecule has 0 amide bonds. The summed E-state index contributed by atoms with van der Waals surface area (Å²) in [6.07, 6.45) is 8.68. The van der Waals surface area contributed by atoms with E-state index in [-0.39, 0.29) is 5.78 Å². The number of ketones is 1. The Morgan fingerprint density at radius 2 is 1.81 bits per heavy atom. The Labute approximate surface area is 161 Å². The average Bonchev–Trinajstić information content (AvgIpc) is 3.46. The summed E-state index contributed by atoms with van der Waals surface area (Å²) in [5, 5.41) is 0. The summed E-state index contributed by atoms with van der Waals surface area (Å²) in [6, 6.07) is 8.60. The fourth-order valence-corrected chi connectivity index (χ4v) is 3.01. The Morgan fingerprint density at radius 1 is 1.15 bits per heavy atom. The number of aromatic nitrogens is 2. The second kappa shape index (κ2) is 9.32. The third-order valence-corrected chi connectivity index (χ3v) is 4.61. The number of ether oxygens (including phenoxy) is 1. The van der Waals surface area contributed by atoms with E-state index in [1.54, 1.807) is 19.3 Å². The average molecular weight is 362 g/mol. The van der Waals surface area contributed by atoms with Gasteiger partial charge in [0.2, 0.25) is 0 Å². The molecule has 0 N–H and O–H groups in total. The lowest BCUT2D eigenvalue weighted by Gasteiger charge is -2.09. The second-order valence-electron chi connectivity index (χ2n) is 7.50. The Kier molecular flexibility index (Phi) is 6.59. The van der Waals surface area contributed by atoms with Crippen molar-refractivity contribution in [3.05, 3.63) is 53.3 Å². The predicted molar refractivity (Wildman–Crippen MR) is 105 cm³/mol. The van der Waals surface area contributed by atoms with Gasteiger partial charge in [-0.05, 0) is 49.3 Å². The van der Waals surface area contributed by atoms with Crippen molar-refractivity contribution in [2.45, 2.75) is 46.0 Å². The van der Waals surface area contributed by atoms with Gasteiger partial charge in [0.1, 0.15) is 5.78 Å². The van der Waals surface area contributed by atoms with Crippen LogP contribution >= 0.6 is 0 Å².